The number of nitrogens with two attached hydrogens (primary N) is 1. The van der Waals surface area contributed by atoms with Crippen LogP contribution in [0.2, 0.25) is 0 Å². The number of piperidine rings is 1. The fraction of sp³-hybridized carbons (Fsp3) is 0.625. The Balaban J connectivity index is 1.68. The third kappa shape index (κ3) is 6.58. The van der Waals surface area contributed by atoms with Gasteiger partial charge in [-0.1, -0.05) is 12.5 Å². The monoisotopic (exact) mass is 338 g/mol. The molecule has 2 rings (SSSR count). The molecule has 128 valence electrons. The number of likely N-dealkylation sites (tertiary alicyclic amines) is 1. The van der Waals surface area contributed by atoms with Gasteiger partial charge in [-0.2, -0.15) is 0 Å². The van der Waals surface area contributed by atoms with Crippen LogP contribution >= 0.6 is 11.3 Å². The standard InChI is InChI=1S/C16H26N4O2S/c17-16(22)19-13(14-6-4-11-23-14)12-15(21)18-7-5-10-20-8-2-1-3-9-20/h4,6,11,13H,1-3,5,7-10,12H2,(H,18,21)(H3,17,19,22). The zero-order chi connectivity index (χ0) is 16.5. The molecule has 1 aliphatic rings. The molecule has 2 heterocycles. The van der Waals surface area contributed by atoms with Crippen LogP contribution in [-0.4, -0.2) is 43.0 Å². The van der Waals surface area contributed by atoms with E-state index in [9.17, 15) is 9.59 Å². The number of amides is 3. The predicted octanol–water partition coefficient (Wildman–Crippen LogP) is 1.84. The van der Waals surface area contributed by atoms with Gasteiger partial charge in [-0.25, -0.2) is 4.79 Å². The van der Waals surface area contributed by atoms with E-state index in [0.29, 0.717) is 6.54 Å². The van der Waals surface area contributed by atoms with E-state index >= 15 is 0 Å². The van der Waals surface area contributed by atoms with E-state index in [4.69, 9.17) is 5.73 Å². The van der Waals surface area contributed by atoms with Crippen LogP contribution in [0.25, 0.3) is 0 Å². The highest BCUT2D eigenvalue weighted by Crippen LogP contribution is 2.21. The summed E-state index contributed by atoms with van der Waals surface area (Å²) in [6.07, 6.45) is 5.08. The fourth-order valence-corrected chi connectivity index (χ4v) is 3.63. The van der Waals surface area contributed by atoms with Crippen LogP contribution < -0.4 is 16.4 Å². The molecule has 1 aromatic heterocycles. The second-order valence-electron chi connectivity index (χ2n) is 5.89. The molecule has 6 nitrogen and oxygen atoms in total. The third-order valence-electron chi connectivity index (χ3n) is 4.01. The highest BCUT2D eigenvalue weighted by atomic mass is 32.1. The first kappa shape index (κ1) is 17.7. The molecule has 0 aliphatic carbocycles. The summed E-state index contributed by atoms with van der Waals surface area (Å²) < 4.78 is 0. The first-order chi connectivity index (χ1) is 11.1. The molecule has 0 radical (unpaired) electrons. The highest BCUT2D eigenvalue weighted by Gasteiger charge is 2.18. The van der Waals surface area contributed by atoms with Crippen LogP contribution in [0.3, 0.4) is 0 Å². The number of nitrogens with zero attached hydrogens (tertiary/aromatic N) is 1. The number of urea groups is 1. The molecule has 3 amide bonds. The summed E-state index contributed by atoms with van der Waals surface area (Å²) in [5.74, 6) is -0.0594. The Morgan fingerprint density at radius 2 is 2.09 bits per heavy atom. The molecule has 0 aromatic carbocycles. The summed E-state index contributed by atoms with van der Waals surface area (Å²) >= 11 is 1.51. The van der Waals surface area contributed by atoms with Gasteiger partial charge >= 0.3 is 6.03 Å². The van der Waals surface area contributed by atoms with Crippen molar-refractivity contribution in [3.63, 3.8) is 0 Å². The molecular formula is C16H26N4O2S. The van der Waals surface area contributed by atoms with Gasteiger partial charge in [-0.15, -0.1) is 11.3 Å². The summed E-state index contributed by atoms with van der Waals surface area (Å²) in [5, 5.41) is 7.49. The van der Waals surface area contributed by atoms with Gasteiger partial charge in [0.05, 0.1) is 12.5 Å². The lowest BCUT2D eigenvalue weighted by Gasteiger charge is -2.26. The summed E-state index contributed by atoms with van der Waals surface area (Å²) in [7, 11) is 0. The Labute approximate surface area is 141 Å². The fourth-order valence-electron chi connectivity index (χ4n) is 2.86. The second kappa shape index (κ2) is 9.52. The number of rotatable bonds is 8. The van der Waals surface area contributed by atoms with E-state index in [2.05, 4.69) is 15.5 Å². The van der Waals surface area contributed by atoms with Crippen molar-refractivity contribution < 1.29 is 9.59 Å². The van der Waals surface area contributed by atoms with Crippen molar-refractivity contribution in [3.05, 3.63) is 22.4 Å². The van der Waals surface area contributed by atoms with Gasteiger partial charge in [0.15, 0.2) is 0 Å². The predicted molar refractivity (Wildman–Crippen MR) is 92.3 cm³/mol. The molecule has 1 saturated heterocycles. The molecule has 0 spiro atoms. The first-order valence-corrected chi connectivity index (χ1v) is 9.11. The van der Waals surface area contributed by atoms with E-state index < -0.39 is 6.03 Å². The number of hydrogen-bond acceptors (Lipinski definition) is 4. The molecule has 1 fully saturated rings. The number of nitrogens with one attached hydrogen (secondary N) is 2. The maximum atomic E-state index is 12.1. The van der Waals surface area contributed by atoms with E-state index in [1.165, 1.54) is 43.7 Å². The van der Waals surface area contributed by atoms with E-state index in [-0.39, 0.29) is 18.4 Å². The minimum absolute atomic E-state index is 0.0594. The molecular weight excluding hydrogens is 312 g/mol. The molecule has 0 saturated carbocycles. The van der Waals surface area contributed by atoms with Crippen LogP contribution in [0.15, 0.2) is 17.5 Å². The summed E-state index contributed by atoms with van der Waals surface area (Å²) in [6.45, 7) is 4.06. The smallest absolute Gasteiger partial charge is 0.312 e. The molecule has 7 heteroatoms. The van der Waals surface area contributed by atoms with Crippen molar-refractivity contribution in [2.75, 3.05) is 26.2 Å². The Bertz CT molecular complexity index is 486. The zero-order valence-electron chi connectivity index (χ0n) is 13.4. The second-order valence-corrected chi connectivity index (χ2v) is 6.87. The van der Waals surface area contributed by atoms with Crippen LogP contribution in [-0.2, 0) is 4.79 Å². The van der Waals surface area contributed by atoms with Crippen molar-refractivity contribution in [2.24, 2.45) is 5.73 Å². The van der Waals surface area contributed by atoms with E-state index in [0.717, 1.165) is 17.8 Å². The Morgan fingerprint density at radius 3 is 2.74 bits per heavy atom. The molecule has 1 unspecified atom stereocenters. The SMILES string of the molecule is NC(=O)NC(CC(=O)NCCCN1CCCCC1)c1cccs1. The molecule has 1 aliphatic heterocycles. The minimum Gasteiger partial charge on any atom is -0.356 e. The number of carbonyl (C=O) groups is 2. The summed E-state index contributed by atoms with van der Waals surface area (Å²) in [4.78, 5) is 26.6. The molecule has 1 aromatic rings. The van der Waals surface area contributed by atoms with Crippen LogP contribution in [0.4, 0.5) is 4.79 Å². The number of primary amides is 1. The Morgan fingerprint density at radius 1 is 1.30 bits per heavy atom. The molecule has 4 N–H and O–H groups in total. The highest BCUT2D eigenvalue weighted by molar-refractivity contribution is 7.10. The van der Waals surface area contributed by atoms with Crippen LogP contribution in [0, 0.1) is 0 Å². The van der Waals surface area contributed by atoms with Crippen molar-refractivity contribution >= 4 is 23.3 Å². The van der Waals surface area contributed by atoms with Gasteiger partial charge in [0, 0.05) is 11.4 Å². The van der Waals surface area contributed by atoms with Crippen molar-refractivity contribution in [1.29, 1.82) is 0 Å². The number of thiophene rings is 1. The van der Waals surface area contributed by atoms with Gasteiger partial charge in [-0.3, -0.25) is 4.79 Å². The third-order valence-corrected chi connectivity index (χ3v) is 5.00. The van der Waals surface area contributed by atoms with E-state index in [1.54, 1.807) is 0 Å². The van der Waals surface area contributed by atoms with Crippen LogP contribution in [0.1, 0.15) is 43.0 Å². The lowest BCUT2D eigenvalue weighted by Crippen LogP contribution is -2.37. The zero-order valence-corrected chi connectivity index (χ0v) is 14.2. The average Bonchev–Trinajstić information content (AvgIpc) is 3.06. The summed E-state index contributed by atoms with van der Waals surface area (Å²) in [6, 6.07) is 2.83. The van der Waals surface area contributed by atoms with Crippen molar-refractivity contribution in [2.45, 2.75) is 38.1 Å². The van der Waals surface area contributed by atoms with Gasteiger partial charge in [0.1, 0.15) is 0 Å². The molecule has 1 atom stereocenters. The van der Waals surface area contributed by atoms with Crippen LogP contribution in [0.5, 0.6) is 0 Å². The average molecular weight is 338 g/mol. The largest absolute Gasteiger partial charge is 0.356 e. The maximum absolute atomic E-state index is 12.1. The Kier molecular flexibility index (Phi) is 7.35. The topological polar surface area (TPSA) is 87.5 Å². The number of hydrogen-bond donors (Lipinski definition) is 3. The van der Waals surface area contributed by atoms with E-state index in [1.807, 2.05) is 17.5 Å². The Hall–Kier alpha value is -1.60. The maximum Gasteiger partial charge on any atom is 0.312 e. The lowest BCUT2D eigenvalue weighted by atomic mass is 10.1. The lowest BCUT2D eigenvalue weighted by molar-refractivity contribution is -0.121. The quantitative estimate of drug-likeness (QED) is 0.632. The van der Waals surface area contributed by atoms with Crippen molar-refractivity contribution in [3.8, 4) is 0 Å². The normalized spacial score (nSPS) is 16.7. The molecule has 0 bridgehead atoms. The molecule has 23 heavy (non-hydrogen) atoms. The first-order valence-electron chi connectivity index (χ1n) is 8.23. The van der Waals surface area contributed by atoms with Gasteiger partial charge < -0.3 is 21.3 Å². The number of carbonyl (C=O) groups excluding carboxylic acids is 2. The van der Waals surface area contributed by atoms with Crippen molar-refractivity contribution in [1.82, 2.24) is 15.5 Å². The summed E-state index contributed by atoms with van der Waals surface area (Å²) in [5.41, 5.74) is 5.20. The van der Waals surface area contributed by atoms with Gasteiger partial charge in [-0.05, 0) is 50.3 Å². The van der Waals surface area contributed by atoms with Gasteiger partial charge in [0.25, 0.3) is 0 Å². The minimum atomic E-state index is -0.610. The van der Waals surface area contributed by atoms with Gasteiger partial charge in [0.2, 0.25) is 5.91 Å².